The van der Waals surface area contributed by atoms with Crippen LogP contribution in [0.1, 0.15) is 23.2 Å². The molecule has 3 rings (SSSR count). The van der Waals surface area contributed by atoms with Gasteiger partial charge in [0.1, 0.15) is 17.5 Å². The smallest absolute Gasteiger partial charge is 0.326 e. The molecule has 1 saturated heterocycles. The second-order valence-electron chi connectivity index (χ2n) is 5.31. The van der Waals surface area contributed by atoms with Crippen molar-refractivity contribution in [3.8, 4) is 11.5 Å². The average Bonchev–Trinajstić information content (AvgIpc) is 3.06. The maximum Gasteiger partial charge on any atom is 0.326 e. The summed E-state index contributed by atoms with van der Waals surface area (Å²) in [5.41, 5.74) is 0.455. The molecule has 0 radical (unpaired) electrons. The van der Waals surface area contributed by atoms with Crippen molar-refractivity contribution in [1.29, 1.82) is 0 Å². The number of rotatable bonds is 4. The van der Waals surface area contributed by atoms with Crippen LogP contribution in [0.5, 0.6) is 11.5 Å². The van der Waals surface area contributed by atoms with Crippen molar-refractivity contribution in [2.75, 3.05) is 6.54 Å². The highest BCUT2D eigenvalue weighted by atomic mass is 16.5. The Labute approximate surface area is 133 Å². The number of benzene rings is 1. The lowest BCUT2D eigenvalue weighted by molar-refractivity contribution is -0.141. The standard InChI is InChI=1S/C17H16N2O4/c20-16(19-10-2-4-15(19)17(21)22)12-5-7-13(8-6-12)23-14-3-1-9-18-11-14/h1,3,5-9,11,15H,2,4,10H2,(H,21,22). The predicted molar refractivity (Wildman–Crippen MR) is 82.4 cm³/mol. The number of likely N-dealkylation sites (tertiary alicyclic amines) is 1. The first-order valence-electron chi connectivity index (χ1n) is 7.37. The van der Waals surface area contributed by atoms with Gasteiger partial charge in [-0.3, -0.25) is 9.78 Å². The largest absolute Gasteiger partial charge is 0.480 e. The van der Waals surface area contributed by atoms with E-state index in [9.17, 15) is 9.59 Å². The number of pyridine rings is 1. The molecule has 1 unspecified atom stereocenters. The minimum Gasteiger partial charge on any atom is -0.480 e. The van der Waals surface area contributed by atoms with Gasteiger partial charge in [-0.2, -0.15) is 0 Å². The van der Waals surface area contributed by atoms with Crippen molar-refractivity contribution in [2.45, 2.75) is 18.9 Å². The van der Waals surface area contributed by atoms with Crippen LogP contribution in [-0.4, -0.2) is 39.5 Å². The van der Waals surface area contributed by atoms with Crippen LogP contribution in [0, 0.1) is 0 Å². The number of ether oxygens (including phenoxy) is 1. The number of nitrogens with zero attached hydrogens (tertiary/aromatic N) is 2. The van der Waals surface area contributed by atoms with Crippen molar-refractivity contribution < 1.29 is 19.4 Å². The summed E-state index contributed by atoms with van der Waals surface area (Å²) in [5, 5.41) is 9.17. The van der Waals surface area contributed by atoms with Crippen LogP contribution >= 0.6 is 0 Å². The fourth-order valence-corrected chi connectivity index (χ4v) is 2.64. The van der Waals surface area contributed by atoms with E-state index in [1.807, 2.05) is 0 Å². The summed E-state index contributed by atoms with van der Waals surface area (Å²) in [7, 11) is 0. The molecule has 1 aliphatic heterocycles. The summed E-state index contributed by atoms with van der Waals surface area (Å²) in [4.78, 5) is 29.0. The van der Waals surface area contributed by atoms with Crippen molar-refractivity contribution in [3.63, 3.8) is 0 Å². The molecule has 1 N–H and O–H groups in total. The van der Waals surface area contributed by atoms with Gasteiger partial charge in [-0.25, -0.2) is 4.79 Å². The number of aromatic nitrogens is 1. The molecule has 0 aliphatic carbocycles. The Bertz CT molecular complexity index is 700. The van der Waals surface area contributed by atoms with Crippen LogP contribution in [0.4, 0.5) is 0 Å². The van der Waals surface area contributed by atoms with Gasteiger partial charge in [0.05, 0.1) is 6.20 Å². The Kier molecular flexibility index (Phi) is 4.23. The average molecular weight is 312 g/mol. The molecule has 1 atom stereocenters. The molecule has 6 nitrogen and oxygen atoms in total. The Morgan fingerprint density at radius 2 is 1.96 bits per heavy atom. The number of hydrogen-bond donors (Lipinski definition) is 1. The third-order valence-corrected chi connectivity index (χ3v) is 3.77. The monoisotopic (exact) mass is 312 g/mol. The van der Waals surface area contributed by atoms with Crippen LogP contribution in [0.15, 0.2) is 48.8 Å². The maximum absolute atomic E-state index is 12.4. The number of carbonyl (C=O) groups is 2. The Hall–Kier alpha value is -2.89. The van der Waals surface area contributed by atoms with E-state index in [2.05, 4.69) is 4.98 Å². The van der Waals surface area contributed by atoms with Gasteiger partial charge < -0.3 is 14.7 Å². The molecule has 1 aliphatic rings. The first kappa shape index (κ1) is 15.0. The third-order valence-electron chi connectivity index (χ3n) is 3.77. The molecule has 0 bridgehead atoms. The van der Waals surface area contributed by atoms with Crippen LogP contribution in [0.3, 0.4) is 0 Å². The number of carbonyl (C=O) groups excluding carboxylic acids is 1. The molecule has 1 amide bonds. The molecule has 23 heavy (non-hydrogen) atoms. The summed E-state index contributed by atoms with van der Waals surface area (Å²) >= 11 is 0. The second kappa shape index (κ2) is 6.48. The molecule has 2 heterocycles. The molecule has 2 aromatic rings. The summed E-state index contributed by atoms with van der Waals surface area (Å²) in [5.74, 6) is -0.0157. The van der Waals surface area contributed by atoms with E-state index in [4.69, 9.17) is 9.84 Å². The molecule has 118 valence electrons. The third kappa shape index (κ3) is 3.31. The quantitative estimate of drug-likeness (QED) is 0.938. The number of hydrogen-bond acceptors (Lipinski definition) is 4. The molecule has 0 spiro atoms. The lowest BCUT2D eigenvalue weighted by Gasteiger charge is -2.21. The highest BCUT2D eigenvalue weighted by Gasteiger charge is 2.34. The topological polar surface area (TPSA) is 79.7 Å². The zero-order valence-electron chi connectivity index (χ0n) is 12.4. The number of carboxylic acid groups (broad SMARTS) is 1. The zero-order chi connectivity index (χ0) is 16.2. The molecular formula is C17H16N2O4. The van der Waals surface area contributed by atoms with Crippen molar-refractivity contribution in [3.05, 3.63) is 54.4 Å². The van der Waals surface area contributed by atoms with Crippen LogP contribution in [-0.2, 0) is 4.79 Å². The summed E-state index contributed by atoms with van der Waals surface area (Å²) in [6.45, 7) is 0.476. The molecule has 0 saturated carbocycles. The lowest BCUT2D eigenvalue weighted by Crippen LogP contribution is -2.40. The molecule has 6 heteroatoms. The minimum atomic E-state index is -0.951. The van der Waals surface area contributed by atoms with Crippen LogP contribution in [0.2, 0.25) is 0 Å². The number of amides is 1. The van der Waals surface area contributed by atoms with Gasteiger partial charge >= 0.3 is 5.97 Å². The minimum absolute atomic E-state index is 0.261. The summed E-state index contributed by atoms with van der Waals surface area (Å²) in [6.07, 6.45) is 4.47. The van der Waals surface area contributed by atoms with Gasteiger partial charge in [-0.15, -0.1) is 0 Å². The van der Waals surface area contributed by atoms with E-state index in [-0.39, 0.29) is 5.91 Å². The fourth-order valence-electron chi connectivity index (χ4n) is 2.64. The van der Waals surface area contributed by atoms with Crippen molar-refractivity contribution >= 4 is 11.9 Å². The van der Waals surface area contributed by atoms with Crippen LogP contribution < -0.4 is 4.74 Å². The Morgan fingerprint density at radius 1 is 1.17 bits per heavy atom. The van der Waals surface area contributed by atoms with Gasteiger partial charge in [-0.1, -0.05) is 0 Å². The zero-order valence-corrected chi connectivity index (χ0v) is 12.4. The number of aliphatic carboxylic acids is 1. The first-order chi connectivity index (χ1) is 11.1. The highest BCUT2D eigenvalue weighted by molar-refractivity contribution is 5.97. The molecule has 1 aromatic carbocycles. The first-order valence-corrected chi connectivity index (χ1v) is 7.37. The van der Waals surface area contributed by atoms with Gasteiger partial charge in [-0.05, 0) is 49.2 Å². The van der Waals surface area contributed by atoms with E-state index < -0.39 is 12.0 Å². The van der Waals surface area contributed by atoms with Gasteiger partial charge in [0, 0.05) is 18.3 Å². The van der Waals surface area contributed by atoms with E-state index >= 15 is 0 Å². The Morgan fingerprint density at radius 3 is 2.61 bits per heavy atom. The predicted octanol–water partition coefficient (Wildman–Crippen LogP) is 2.56. The van der Waals surface area contributed by atoms with E-state index in [0.717, 1.165) is 0 Å². The normalized spacial score (nSPS) is 17.0. The lowest BCUT2D eigenvalue weighted by atomic mass is 10.1. The van der Waals surface area contributed by atoms with Crippen molar-refractivity contribution in [1.82, 2.24) is 9.88 Å². The van der Waals surface area contributed by atoms with E-state index in [1.165, 1.54) is 4.90 Å². The summed E-state index contributed by atoms with van der Waals surface area (Å²) in [6, 6.07) is 9.49. The molecular weight excluding hydrogens is 296 g/mol. The van der Waals surface area contributed by atoms with Crippen LogP contribution in [0.25, 0.3) is 0 Å². The fraction of sp³-hybridized carbons (Fsp3) is 0.235. The van der Waals surface area contributed by atoms with Gasteiger partial charge in [0.2, 0.25) is 0 Å². The summed E-state index contributed by atoms with van der Waals surface area (Å²) < 4.78 is 5.62. The Balaban J connectivity index is 1.72. The van der Waals surface area contributed by atoms with E-state index in [1.54, 1.807) is 48.8 Å². The van der Waals surface area contributed by atoms with Gasteiger partial charge in [0.25, 0.3) is 5.91 Å². The van der Waals surface area contributed by atoms with Gasteiger partial charge in [0.15, 0.2) is 0 Å². The van der Waals surface area contributed by atoms with E-state index in [0.29, 0.717) is 36.4 Å². The molecule has 1 aromatic heterocycles. The maximum atomic E-state index is 12.4. The SMILES string of the molecule is O=C(O)C1CCCN1C(=O)c1ccc(Oc2cccnc2)cc1. The number of carboxylic acids is 1. The highest BCUT2D eigenvalue weighted by Crippen LogP contribution is 2.23. The van der Waals surface area contributed by atoms with Crippen molar-refractivity contribution in [2.24, 2.45) is 0 Å². The second-order valence-corrected chi connectivity index (χ2v) is 5.31. The molecule has 1 fully saturated rings.